The molecule has 0 unspecified atom stereocenters. The lowest BCUT2D eigenvalue weighted by Crippen LogP contribution is -2.40. The van der Waals surface area contributed by atoms with Gasteiger partial charge in [-0.25, -0.2) is 0 Å². The van der Waals surface area contributed by atoms with Gasteiger partial charge in [-0.3, -0.25) is 14.2 Å². The first kappa shape index (κ1) is 13.5. The Kier molecular flexibility index (Phi) is 3.40. The zero-order valence-corrected chi connectivity index (χ0v) is 12.5. The van der Waals surface area contributed by atoms with Crippen LogP contribution in [0, 0.1) is 0 Å². The van der Waals surface area contributed by atoms with Crippen molar-refractivity contribution < 1.29 is 4.79 Å². The van der Waals surface area contributed by atoms with Crippen LogP contribution in [0.5, 0.6) is 0 Å². The van der Waals surface area contributed by atoms with Crippen LogP contribution in [0.2, 0.25) is 0 Å². The van der Waals surface area contributed by atoms with Crippen molar-refractivity contribution in [2.24, 2.45) is 0 Å². The molecule has 0 N–H and O–H groups in total. The maximum Gasteiger partial charge on any atom is 0.244 e. The molecule has 2 fully saturated rings. The Labute approximate surface area is 128 Å². The number of amides is 1. The average Bonchev–Trinajstić information content (AvgIpc) is 2.95. The lowest BCUT2D eigenvalue weighted by atomic mass is 10.2. The van der Waals surface area contributed by atoms with E-state index in [1.165, 1.54) is 12.8 Å². The van der Waals surface area contributed by atoms with E-state index in [0.29, 0.717) is 12.5 Å². The van der Waals surface area contributed by atoms with Gasteiger partial charge in [0.25, 0.3) is 0 Å². The van der Waals surface area contributed by atoms with Crippen molar-refractivity contribution in [3.05, 3.63) is 30.4 Å². The summed E-state index contributed by atoms with van der Waals surface area (Å²) in [5, 5.41) is 12.6. The number of hydrogen-bond donors (Lipinski definition) is 0. The molecule has 116 valence electrons. The number of carbonyl (C=O) groups excluding carboxylic acids is 1. The Morgan fingerprint density at radius 2 is 2.18 bits per heavy atom. The van der Waals surface area contributed by atoms with Crippen molar-refractivity contribution in [3.63, 3.8) is 0 Å². The zero-order chi connectivity index (χ0) is 14.9. The van der Waals surface area contributed by atoms with E-state index in [4.69, 9.17) is 0 Å². The summed E-state index contributed by atoms with van der Waals surface area (Å²) in [6.45, 7) is 1.88. The quantitative estimate of drug-likeness (QED) is 0.827. The third-order valence-electron chi connectivity index (χ3n) is 4.50. The van der Waals surface area contributed by atoms with Crippen LogP contribution in [-0.4, -0.2) is 48.2 Å². The van der Waals surface area contributed by atoms with Crippen molar-refractivity contribution in [3.8, 4) is 0 Å². The molecule has 7 heteroatoms. The second kappa shape index (κ2) is 5.55. The molecule has 2 aliphatic rings. The molecule has 3 heterocycles. The van der Waals surface area contributed by atoms with Crippen molar-refractivity contribution in [2.75, 3.05) is 6.54 Å². The minimum atomic E-state index is 0.133. The van der Waals surface area contributed by atoms with Gasteiger partial charge in [0.15, 0.2) is 0 Å². The van der Waals surface area contributed by atoms with Crippen LogP contribution in [0.4, 0.5) is 0 Å². The highest BCUT2D eigenvalue weighted by molar-refractivity contribution is 5.76. The molecule has 4 rings (SSSR count). The van der Waals surface area contributed by atoms with Gasteiger partial charge >= 0.3 is 0 Å². The molecule has 1 atom stereocenters. The molecular weight excluding hydrogens is 280 g/mol. The molecule has 0 aromatic carbocycles. The van der Waals surface area contributed by atoms with Crippen LogP contribution in [-0.2, 0) is 17.9 Å². The normalized spacial score (nSPS) is 21.5. The fourth-order valence-corrected chi connectivity index (χ4v) is 3.16. The smallest absolute Gasteiger partial charge is 0.244 e. The molecule has 0 spiro atoms. The van der Waals surface area contributed by atoms with Gasteiger partial charge in [-0.1, -0.05) is 5.21 Å². The van der Waals surface area contributed by atoms with E-state index >= 15 is 0 Å². The predicted molar refractivity (Wildman–Crippen MR) is 79.0 cm³/mol. The molecule has 0 radical (unpaired) electrons. The van der Waals surface area contributed by atoms with E-state index in [1.54, 1.807) is 10.9 Å². The Morgan fingerprint density at radius 1 is 1.27 bits per heavy atom. The molecule has 1 aliphatic carbocycles. The van der Waals surface area contributed by atoms with Crippen molar-refractivity contribution in [1.82, 2.24) is 29.7 Å². The van der Waals surface area contributed by atoms with Crippen molar-refractivity contribution >= 4 is 5.91 Å². The van der Waals surface area contributed by atoms with Crippen LogP contribution in [0.3, 0.4) is 0 Å². The molecular formula is C15H20N6O. The summed E-state index contributed by atoms with van der Waals surface area (Å²) in [6, 6.07) is 2.06. The van der Waals surface area contributed by atoms with Crippen LogP contribution in [0.25, 0.3) is 0 Å². The summed E-state index contributed by atoms with van der Waals surface area (Å²) < 4.78 is 3.58. The third kappa shape index (κ3) is 2.75. The number of likely N-dealkylation sites (tertiary alicyclic amines) is 1. The first-order valence-corrected chi connectivity index (χ1v) is 7.96. The van der Waals surface area contributed by atoms with Crippen molar-refractivity contribution in [2.45, 2.75) is 50.7 Å². The molecule has 7 nitrogen and oxygen atoms in total. The lowest BCUT2D eigenvalue weighted by Gasteiger charge is -2.24. The van der Waals surface area contributed by atoms with Gasteiger partial charge in [-0.2, -0.15) is 5.10 Å². The molecule has 22 heavy (non-hydrogen) atoms. The van der Waals surface area contributed by atoms with Gasteiger partial charge in [0.05, 0.1) is 18.3 Å². The largest absolute Gasteiger partial charge is 0.336 e. The van der Waals surface area contributed by atoms with Crippen molar-refractivity contribution in [1.29, 1.82) is 0 Å². The highest BCUT2D eigenvalue weighted by atomic mass is 16.2. The Hall–Kier alpha value is -2.18. The Bertz CT molecular complexity index is 645. The second-order valence-electron chi connectivity index (χ2n) is 6.23. The van der Waals surface area contributed by atoms with Gasteiger partial charge < -0.3 is 4.90 Å². The van der Waals surface area contributed by atoms with E-state index < -0.39 is 0 Å². The monoisotopic (exact) mass is 300 g/mol. The summed E-state index contributed by atoms with van der Waals surface area (Å²) >= 11 is 0. The van der Waals surface area contributed by atoms with E-state index in [-0.39, 0.29) is 11.9 Å². The minimum absolute atomic E-state index is 0.133. The average molecular weight is 300 g/mol. The number of aromatic nitrogens is 5. The fraction of sp³-hybridized carbons (Fsp3) is 0.600. The van der Waals surface area contributed by atoms with Crippen LogP contribution >= 0.6 is 0 Å². The fourth-order valence-electron chi connectivity index (χ4n) is 3.16. The first-order valence-electron chi connectivity index (χ1n) is 7.96. The molecule has 1 saturated carbocycles. The number of carbonyl (C=O) groups is 1. The third-order valence-corrected chi connectivity index (χ3v) is 4.50. The number of nitrogens with zero attached hydrogens (tertiary/aromatic N) is 6. The number of rotatable bonds is 5. The first-order chi connectivity index (χ1) is 10.8. The molecule has 2 aromatic heterocycles. The van der Waals surface area contributed by atoms with E-state index in [1.807, 2.05) is 28.0 Å². The van der Waals surface area contributed by atoms with Crippen LogP contribution in [0.1, 0.15) is 37.3 Å². The van der Waals surface area contributed by atoms with E-state index in [2.05, 4.69) is 15.4 Å². The summed E-state index contributed by atoms with van der Waals surface area (Å²) in [5.74, 6) is 0.753. The topological polar surface area (TPSA) is 68.8 Å². The highest BCUT2D eigenvalue weighted by Gasteiger charge is 2.30. The minimum Gasteiger partial charge on any atom is -0.336 e. The second-order valence-corrected chi connectivity index (χ2v) is 6.23. The zero-order valence-electron chi connectivity index (χ0n) is 12.5. The van der Waals surface area contributed by atoms with Gasteiger partial charge in [0, 0.05) is 31.1 Å². The van der Waals surface area contributed by atoms with Gasteiger partial charge in [0.1, 0.15) is 6.54 Å². The summed E-state index contributed by atoms with van der Waals surface area (Å²) in [6.07, 6.45) is 10.1. The van der Waals surface area contributed by atoms with E-state index in [9.17, 15) is 4.79 Å². The van der Waals surface area contributed by atoms with Gasteiger partial charge in [0.2, 0.25) is 5.91 Å². The van der Waals surface area contributed by atoms with Crippen LogP contribution in [0.15, 0.2) is 24.7 Å². The maximum atomic E-state index is 12.5. The van der Waals surface area contributed by atoms with Gasteiger partial charge in [-0.05, 0) is 31.7 Å². The molecule has 0 bridgehead atoms. The summed E-state index contributed by atoms with van der Waals surface area (Å²) in [4.78, 5) is 14.4. The van der Waals surface area contributed by atoms with Crippen LogP contribution < -0.4 is 0 Å². The molecule has 1 aliphatic heterocycles. The maximum absolute atomic E-state index is 12.5. The molecule has 2 aromatic rings. The van der Waals surface area contributed by atoms with Gasteiger partial charge in [-0.15, -0.1) is 5.10 Å². The highest BCUT2D eigenvalue weighted by Crippen LogP contribution is 2.38. The summed E-state index contributed by atoms with van der Waals surface area (Å²) in [7, 11) is 0. The standard InChI is InChI=1S/C15H20N6O/c22-15(11-19-7-2-6-16-19)21-8-1-3-13(21)9-20-10-14(17-18-20)12-4-5-12/h2,6-7,10,12-13H,1,3-5,8-9,11H2/t13-/m0/s1. The van der Waals surface area contributed by atoms with E-state index in [0.717, 1.165) is 31.6 Å². The Balaban J connectivity index is 1.40. The SMILES string of the molecule is O=C(Cn1cccn1)N1CCC[C@H]1Cn1cc(C2CC2)nn1. The number of hydrogen-bond acceptors (Lipinski definition) is 4. The summed E-state index contributed by atoms with van der Waals surface area (Å²) in [5.41, 5.74) is 1.10. The predicted octanol–water partition coefficient (Wildman–Crippen LogP) is 1.04. The lowest BCUT2D eigenvalue weighted by molar-refractivity contribution is -0.133. The molecule has 1 saturated heterocycles. The molecule has 1 amide bonds. The Morgan fingerprint density at radius 3 is 2.95 bits per heavy atom.